The Balaban J connectivity index is 1.89. The van der Waals surface area contributed by atoms with Crippen molar-refractivity contribution in [1.82, 2.24) is 14.7 Å². The Bertz CT molecular complexity index is 1620. The van der Waals surface area contributed by atoms with E-state index in [1.54, 1.807) is 0 Å². The van der Waals surface area contributed by atoms with Gasteiger partial charge in [-0.15, -0.1) is 16.1 Å². The Kier molecular flexibility index (Phi) is 6.39. The van der Waals surface area contributed by atoms with Crippen molar-refractivity contribution in [2.75, 3.05) is 4.72 Å². The summed E-state index contributed by atoms with van der Waals surface area (Å²) in [6.45, 7) is 5.66. The molecule has 0 atom stereocenters. The van der Waals surface area contributed by atoms with E-state index < -0.39 is 49.1 Å². The molecule has 0 saturated carbocycles. The molecule has 0 aliphatic rings. The van der Waals surface area contributed by atoms with Crippen LogP contribution in [0.3, 0.4) is 0 Å². The number of nitrogens with one attached hydrogen (secondary N) is 2. The molecule has 0 aliphatic heterocycles. The third-order valence-corrected chi connectivity index (χ3v) is 7.96. The van der Waals surface area contributed by atoms with Crippen molar-refractivity contribution in [1.29, 1.82) is 5.41 Å². The molecule has 0 spiro atoms. The molecular formula is C23H20F3N5O3S2. The summed E-state index contributed by atoms with van der Waals surface area (Å²) in [5.41, 5.74) is -1.41. The largest absolute Gasteiger partial charge is 0.425 e. The van der Waals surface area contributed by atoms with Crippen LogP contribution in [0.2, 0.25) is 0 Å². The van der Waals surface area contributed by atoms with Gasteiger partial charge in [0.2, 0.25) is 0 Å². The maximum absolute atomic E-state index is 15.7. The molecule has 2 heterocycles. The van der Waals surface area contributed by atoms with Crippen molar-refractivity contribution in [3.05, 3.63) is 76.7 Å². The van der Waals surface area contributed by atoms with Gasteiger partial charge in [0.25, 0.3) is 15.6 Å². The third kappa shape index (κ3) is 4.58. The zero-order valence-corrected chi connectivity index (χ0v) is 20.8. The Labute approximate surface area is 208 Å². The molecular weight excluding hydrogens is 515 g/mol. The van der Waals surface area contributed by atoms with Crippen LogP contribution in [-0.2, 0) is 15.4 Å². The standard InChI is InChI=1S/C23H20F3N5O3S2/c1-23(2,3)21-29-18(19(35-21)16-10-11-28-22(27)31(16)32)12-6-4-9-15(17(12)26)30-36(33,34)20-13(24)7-5-8-14(20)25/h4-11,27,30,32H,1-3H3. The second kappa shape index (κ2) is 9.06. The molecule has 0 saturated heterocycles. The Hall–Kier alpha value is -3.71. The maximum Gasteiger partial charge on any atom is 0.267 e. The van der Waals surface area contributed by atoms with E-state index in [1.807, 2.05) is 25.5 Å². The average Bonchev–Trinajstić information content (AvgIpc) is 3.22. The number of sulfonamides is 1. The molecule has 36 heavy (non-hydrogen) atoms. The molecule has 8 nitrogen and oxygen atoms in total. The van der Waals surface area contributed by atoms with Gasteiger partial charge in [-0.25, -0.2) is 31.6 Å². The predicted molar refractivity (Wildman–Crippen MR) is 128 cm³/mol. The number of thiazole rings is 1. The van der Waals surface area contributed by atoms with E-state index >= 15 is 4.39 Å². The quantitative estimate of drug-likeness (QED) is 0.314. The first-order valence-electron chi connectivity index (χ1n) is 10.4. The fraction of sp³-hybridized carbons (Fsp3) is 0.174. The van der Waals surface area contributed by atoms with E-state index in [1.165, 1.54) is 24.4 Å². The van der Waals surface area contributed by atoms with Gasteiger partial charge >= 0.3 is 0 Å². The topological polar surface area (TPSA) is 121 Å². The first-order valence-corrected chi connectivity index (χ1v) is 12.7. The molecule has 0 fully saturated rings. The zero-order valence-electron chi connectivity index (χ0n) is 19.2. The lowest BCUT2D eigenvalue weighted by Crippen LogP contribution is -2.21. The zero-order chi connectivity index (χ0) is 26.4. The van der Waals surface area contributed by atoms with E-state index in [4.69, 9.17) is 5.41 Å². The van der Waals surface area contributed by atoms with Gasteiger partial charge in [0.15, 0.2) is 10.7 Å². The molecule has 4 aromatic rings. The number of nitrogens with zero attached hydrogens (tertiary/aromatic N) is 3. The molecule has 0 aliphatic carbocycles. The summed E-state index contributed by atoms with van der Waals surface area (Å²) >= 11 is 1.16. The monoisotopic (exact) mass is 535 g/mol. The van der Waals surface area contributed by atoms with Gasteiger partial charge in [-0.3, -0.25) is 10.1 Å². The number of anilines is 1. The first-order chi connectivity index (χ1) is 16.8. The fourth-order valence-electron chi connectivity index (χ4n) is 3.32. The summed E-state index contributed by atoms with van der Waals surface area (Å²) in [5.74, 6) is -3.70. The molecule has 0 radical (unpaired) electrons. The van der Waals surface area contributed by atoms with Crippen molar-refractivity contribution >= 4 is 27.0 Å². The molecule has 2 aromatic carbocycles. The normalized spacial score (nSPS) is 12.1. The van der Waals surface area contributed by atoms with Crippen molar-refractivity contribution in [3.8, 4) is 21.8 Å². The second-order valence-corrected chi connectivity index (χ2v) is 11.4. The van der Waals surface area contributed by atoms with Crippen LogP contribution in [0.15, 0.2) is 53.6 Å². The van der Waals surface area contributed by atoms with E-state index in [2.05, 4.69) is 9.97 Å². The van der Waals surface area contributed by atoms with Crippen molar-refractivity contribution in [2.24, 2.45) is 0 Å². The molecule has 4 rings (SSSR count). The van der Waals surface area contributed by atoms with Gasteiger partial charge in [-0.1, -0.05) is 32.9 Å². The van der Waals surface area contributed by atoms with Crippen LogP contribution in [-0.4, -0.2) is 28.3 Å². The minimum atomic E-state index is -4.82. The summed E-state index contributed by atoms with van der Waals surface area (Å²) in [6.07, 6.45) is 1.30. The van der Waals surface area contributed by atoms with E-state index in [-0.39, 0.29) is 17.0 Å². The van der Waals surface area contributed by atoms with Crippen LogP contribution in [0.4, 0.5) is 18.9 Å². The lowest BCUT2D eigenvalue weighted by molar-refractivity contribution is 0.170. The van der Waals surface area contributed by atoms with Crippen LogP contribution in [0.25, 0.3) is 21.8 Å². The number of aromatic nitrogens is 3. The minimum absolute atomic E-state index is 0.0777. The molecule has 0 amide bonds. The van der Waals surface area contributed by atoms with Crippen LogP contribution in [0.1, 0.15) is 25.8 Å². The van der Waals surface area contributed by atoms with E-state index in [0.717, 1.165) is 35.6 Å². The van der Waals surface area contributed by atoms with Crippen LogP contribution in [0.5, 0.6) is 0 Å². The summed E-state index contributed by atoms with van der Waals surface area (Å²) in [7, 11) is -4.82. The number of hydrogen-bond acceptors (Lipinski definition) is 7. The summed E-state index contributed by atoms with van der Waals surface area (Å²) in [5, 5.41) is 18.7. The highest BCUT2D eigenvalue weighted by Crippen LogP contribution is 2.42. The highest BCUT2D eigenvalue weighted by atomic mass is 32.2. The van der Waals surface area contributed by atoms with Gasteiger partial charge in [0.1, 0.15) is 17.3 Å². The van der Waals surface area contributed by atoms with Crippen molar-refractivity contribution in [3.63, 3.8) is 0 Å². The highest BCUT2D eigenvalue weighted by Gasteiger charge is 2.29. The van der Waals surface area contributed by atoms with Gasteiger partial charge in [0.05, 0.1) is 21.3 Å². The summed E-state index contributed by atoms with van der Waals surface area (Å²) in [6, 6.07) is 7.80. The number of benzene rings is 2. The lowest BCUT2D eigenvalue weighted by atomic mass is 9.98. The van der Waals surface area contributed by atoms with Gasteiger partial charge in [-0.05, 0) is 30.3 Å². The van der Waals surface area contributed by atoms with E-state index in [0.29, 0.717) is 14.6 Å². The fourth-order valence-corrected chi connectivity index (χ4v) is 5.66. The van der Waals surface area contributed by atoms with Gasteiger partial charge < -0.3 is 5.21 Å². The summed E-state index contributed by atoms with van der Waals surface area (Å²) < 4.78 is 71.8. The van der Waals surface area contributed by atoms with Crippen molar-refractivity contribution < 1.29 is 26.8 Å². The van der Waals surface area contributed by atoms with Crippen LogP contribution in [0, 0.1) is 22.9 Å². The molecule has 3 N–H and O–H groups in total. The Morgan fingerprint density at radius 2 is 1.69 bits per heavy atom. The molecule has 0 unspecified atom stereocenters. The molecule has 0 bridgehead atoms. The SMILES string of the molecule is CC(C)(C)c1nc(-c2cccc(NS(=O)(=O)c3c(F)cccc3F)c2F)c(-c2ccnc(=N)n2O)s1. The lowest BCUT2D eigenvalue weighted by Gasteiger charge is -2.14. The molecule has 188 valence electrons. The average molecular weight is 536 g/mol. The first kappa shape index (κ1) is 25.4. The Morgan fingerprint density at radius 3 is 2.33 bits per heavy atom. The van der Waals surface area contributed by atoms with Crippen molar-refractivity contribution in [2.45, 2.75) is 31.1 Å². The smallest absolute Gasteiger partial charge is 0.267 e. The Morgan fingerprint density at radius 1 is 1.06 bits per heavy atom. The molecule has 13 heteroatoms. The van der Waals surface area contributed by atoms with Crippen LogP contribution >= 0.6 is 11.3 Å². The second-order valence-electron chi connectivity index (χ2n) is 8.74. The maximum atomic E-state index is 15.7. The van der Waals surface area contributed by atoms with E-state index in [9.17, 15) is 22.4 Å². The molecule has 2 aromatic heterocycles. The number of rotatable bonds is 5. The van der Waals surface area contributed by atoms with Gasteiger partial charge in [-0.2, -0.15) is 0 Å². The van der Waals surface area contributed by atoms with Crippen LogP contribution < -0.4 is 10.3 Å². The predicted octanol–water partition coefficient (Wildman–Crippen LogP) is 4.91. The third-order valence-electron chi connectivity index (χ3n) is 5.05. The number of hydrogen-bond donors (Lipinski definition) is 3. The van der Waals surface area contributed by atoms with Gasteiger partial charge in [0, 0.05) is 17.2 Å². The summed E-state index contributed by atoms with van der Waals surface area (Å²) in [4.78, 5) is 7.32. The number of halogens is 3. The highest BCUT2D eigenvalue weighted by molar-refractivity contribution is 7.92. The minimum Gasteiger partial charge on any atom is -0.425 e.